The van der Waals surface area contributed by atoms with E-state index in [1.54, 1.807) is 7.11 Å². The quantitative estimate of drug-likeness (QED) is 0.759. The largest absolute Gasteiger partial charge is 0.497 e. The zero-order valence-corrected chi connectivity index (χ0v) is 8.08. The minimum atomic E-state index is 0.688. The minimum absolute atomic E-state index is 0.688. The normalized spacial score (nSPS) is 25.7. The molecule has 0 heterocycles. The van der Waals surface area contributed by atoms with Crippen LogP contribution in [0.15, 0.2) is 24.3 Å². The molecule has 1 aromatic rings. The van der Waals surface area contributed by atoms with E-state index in [4.69, 9.17) is 4.74 Å². The Kier molecular flexibility index (Phi) is 2.23. The highest BCUT2D eigenvalue weighted by Crippen LogP contribution is 2.40. The van der Waals surface area contributed by atoms with Crippen molar-refractivity contribution in [3.8, 4) is 5.75 Å². The maximum absolute atomic E-state index is 5.11. The molecule has 0 saturated heterocycles. The standard InChI is InChI=1S/C11H15NO/c1-12-11-7-10(11)8-3-5-9(13-2)6-4-8/h3-6,10-12H,7H2,1-2H3/t10-,11+/m0/s1. The first-order chi connectivity index (χ1) is 6.35. The molecule has 2 atom stereocenters. The highest BCUT2D eigenvalue weighted by atomic mass is 16.5. The zero-order valence-electron chi connectivity index (χ0n) is 8.08. The van der Waals surface area contributed by atoms with Gasteiger partial charge in [-0.3, -0.25) is 0 Å². The summed E-state index contributed by atoms with van der Waals surface area (Å²) in [4.78, 5) is 0. The van der Waals surface area contributed by atoms with E-state index in [-0.39, 0.29) is 0 Å². The Bertz CT molecular complexity index is 281. The predicted molar refractivity (Wildman–Crippen MR) is 53.2 cm³/mol. The van der Waals surface area contributed by atoms with Gasteiger partial charge in [0.15, 0.2) is 0 Å². The second-order valence-electron chi connectivity index (χ2n) is 3.51. The van der Waals surface area contributed by atoms with Gasteiger partial charge in [0, 0.05) is 12.0 Å². The van der Waals surface area contributed by atoms with Gasteiger partial charge in [0.1, 0.15) is 5.75 Å². The molecule has 0 spiro atoms. The Morgan fingerprint density at radius 3 is 2.46 bits per heavy atom. The van der Waals surface area contributed by atoms with Crippen molar-refractivity contribution in [2.24, 2.45) is 0 Å². The number of ether oxygens (including phenoxy) is 1. The van der Waals surface area contributed by atoms with Crippen LogP contribution in [-0.2, 0) is 0 Å². The van der Waals surface area contributed by atoms with Crippen LogP contribution in [0.25, 0.3) is 0 Å². The molecule has 0 radical (unpaired) electrons. The van der Waals surface area contributed by atoms with E-state index >= 15 is 0 Å². The van der Waals surface area contributed by atoms with Crippen molar-refractivity contribution in [2.45, 2.75) is 18.4 Å². The van der Waals surface area contributed by atoms with E-state index in [9.17, 15) is 0 Å². The maximum atomic E-state index is 5.11. The van der Waals surface area contributed by atoms with Crippen molar-refractivity contribution in [1.82, 2.24) is 5.32 Å². The van der Waals surface area contributed by atoms with Crippen LogP contribution in [0.2, 0.25) is 0 Å². The van der Waals surface area contributed by atoms with Crippen LogP contribution in [-0.4, -0.2) is 20.2 Å². The van der Waals surface area contributed by atoms with Crippen molar-refractivity contribution in [2.75, 3.05) is 14.2 Å². The van der Waals surface area contributed by atoms with Crippen molar-refractivity contribution < 1.29 is 4.74 Å². The van der Waals surface area contributed by atoms with Crippen molar-refractivity contribution in [3.63, 3.8) is 0 Å². The highest BCUT2D eigenvalue weighted by molar-refractivity contribution is 5.33. The van der Waals surface area contributed by atoms with Crippen molar-refractivity contribution in [1.29, 1.82) is 0 Å². The van der Waals surface area contributed by atoms with E-state index < -0.39 is 0 Å². The summed E-state index contributed by atoms with van der Waals surface area (Å²) in [6, 6.07) is 9.05. The number of rotatable bonds is 3. The fourth-order valence-electron chi connectivity index (χ4n) is 1.73. The number of benzene rings is 1. The minimum Gasteiger partial charge on any atom is -0.497 e. The Hall–Kier alpha value is -1.02. The van der Waals surface area contributed by atoms with E-state index in [1.807, 2.05) is 19.2 Å². The molecule has 0 aliphatic heterocycles. The molecule has 1 aliphatic carbocycles. The zero-order chi connectivity index (χ0) is 9.26. The lowest BCUT2D eigenvalue weighted by Crippen LogP contribution is -2.10. The van der Waals surface area contributed by atoms with Gasteiger partial charge in [-0.25, -0.2) is 0 Å². The lowest BCUT2D eigenvalue weighted by molar-refractivity contribution is 0.414. The summed E-state index contributed by atoms with van der Waals surface area (Å²) in [7, 11) is 3.72. The summed E-state index contributed by atoms with van der Waals surface area (Å²) in [5.74, 6) is 1.65. The van der Waals surface area contributed by atoms with Gasteiger partial charge in [-0.2, -0.15) is 0 Å². The first-order valence-corrected chi connectivity index (χ1v) is 4.66. The molecule has 2 nitrogen and oxygen atoms in total. The molecule has 1 aromatic carbocycles. The van der Waals surface area contributed by atoms with Crippen LogP contribution in [0, 0.1) is 0 Å². The molecular formula is C11H15NO. The summed E-state index contributed by atoms with van der Waals surface area (Å²) in [5.41, 5.74) is 1.42. The van der Waals surface area contributed by atoms with Gasteiger partial charge in [0.25, 0.3) is 0 Å². The second-order valence-corrected chi connectivity index (χ2v) is 3.51. The van der Waals surface area contributed by atoms with Crippen LogP contribution in [0.3, 0.4) is 0 Å². The average molecular weight is 177 g/mol. The Morgan fingerprint density at radius 1 is 1.31 bits per heavy atom. The monoisotopic (exact) mass is 177 g/mol. The molecule has 0 amide bonds. The van der Waals surface area contributed by atoms with E-state index in [0.717, 1.165) is 11.7 Å². The van der Waals surface area contributed by atoms with Crippen LogP contribution in [0.4, 0.5) is 0 Å². The summed E-state index contributed by atoms with van der Waals surface area (Å²) in [6.45, 7) is 0. The number of hydrogen-bond acceptors (Lipinski definition) is 2. The number of likely N-dealkylation sites (N-methyl/N-ethyl adjacent to an activating group) is 1. The van der Waals surface area contributed by atoms with Crippen molar-refractivity contribution in [3.05, 3.63) is 29.8 Å². The van der Waals surface area contributed by atoms with E-state index in [2.05, 4.69) is 17.4 Å². The second kappa shape index (κ2) is 3.38. The first-order valence-electron chi connectivity index (χ1n) is 4.66. The molecular weight excluding hydrogens is 162 g/mol. The molecule has 1 aliphatic rings. The third-order valence-electron chi connectivity index (χ3n) is 2.71. The molecule has 0 unspecified atom stereocenters. The molecule has 70 valence electrons. The van der Waals surface area contributed by atoms with Gasteiger partial charge in [-0.1, -0.05) is 12.1 Å². The molecule has 13 heavy (non-hydrogen) atoms. The van der Waals surface area contributed by atoms with Gasteiger partial charge in [0.05, 0.1) is 7.11 Å². The van der Waals surface area contributed by atoms with Crippen LogP contribution in [0.5, 0.6) is 5.75 Å². The molecule has 0 bridgehead atoms. The Labute approximate surface area is 78.9 Å². The van der Waals surface area contributed by atoms with Gasteiger partial charge in [-0.15, -0.1) is 0 Å². The fraction of sp³-hybridized carbons (Fsp3) is 0.455. The van der Waals surface area contributed by atoms with Crippen LogP contribution >= 0.6 is 0 Å². The predicted octanol–water partition coefficient (Wildman–Crippen LogP) is 1.77. The fourth-order valence-corrected chi connectivity index (χ4v) is 1.73. The molecule has 1 saturated carbocycles. The molecule has 1 fully saturated rings. The summed E-state index contributed by atoms with van der Waals surface area (Å²) in [6.07, 6.45) is 1.27. The SMILES string of the molecule is CN[C@@H]1C[C@H]1c1ccc(OC)cc1. The number of nitrogens with one attached hydrogen (secondary N) is 1. The lowest BCUT2D eigenvalue weighted by Gasteiger charge is -2.02. The van der Waals surface area contributed by atoms with Gasteiger partial charge in [-0.05, 0) is 31.2 Å². The smallest absolute Gasteiger partial charge is 0.118 e. The van der Waals surface area contributed by atoms with E-state index in [0.29, 0.717) is 6.04 Å². The van der Waals surface area contributed by atoms with Gasteiger partial charge in [0.2, 0.25) is 0 Å². The Morgan fingerprint density at radius 2 is 2.00 bits per heavy atom. The Balaban J connectivity index is 2.07. The number of methoxy groups -OCH3 is 1. The average Bonchev–Trinajstić information content (AvgIpc) is 2.97. The van der Waals surface area contributed by atoms with Gasteiger partial charge >= 0.3 is 0 Å². The number of hydrogen-bond donors (Lipinski definition) is 1. The molecule has 2 rings (SSSR count). The van der Waals surface area contributed by atoms with Gasteiger partial charge < -0.3 is 10.1 Å². The third kappa shape index (κ3) is 1.68. The summed E-state index contributed by atoms with van der Waals surface area (Å²) in [5, 5.41) is 3.28. The summed E-state index contributed by atoms with van der Waals surface area (Å²) < 4.78 is 5.11. The lowest BCUT2D eigenvalue weighted by atomic mass is 10.1. The van der Waals surface area contributed by atoms with Crippen LogP contribution < -0.4 is 10.1 Å². The highest BCUT2D eigenvalue weighted by Gasteiger charge is 2.36. The van der Waals surface area contributed by atoms with E-state index in [1.165, 1.54) is 12.0 Å². The van der Waals surface area contributed by atoms with Crippen LogP contribution in [0.1, 0.15) is 17.9 Å². The maximum Gasteiger partial charge on any atom is 0.118 e. The third-order valence-corrected chi connectivity index (χ3v) is 2.71. The topological polar surface area (TPSA) is 21.3 Å². The van der Waals surface area contributed by atoms with Crippen molar-refractivity contribution >= 4 is 0 Å². The first kappa shape index (κ1) is 8.57. The molecule has 1 N–H and O–H groups in total. The summed E-state index contributed by atoms with van der Waals surface area (Å²) >= 11 is 0. The molecule has 0 aromatic heterocycles. The molecule has 2 heteroatoms.